The van der Waals surface area contributed by atoms with Crippen LogP contribution in [0.2, 0.25) is 0 Å². The van der Waals surface area contributed by atoms with Crippen LogP contribution < -0.4 is 10.5 Å². The van der Waals surface area contributed by atoms with Gasteiger partial charge >= 0.3 is 0 Å². The minimum atomic E-state index is -0.541. The van der Waals surface area contributed by atoms with Crippen molar-refractivity contribution in [1.82, 2.24) is 14.9 Å². The molecule has 2 aliphatic heterocycles. The third-order valence-corrected chi connectivity index (χ3v) is 5.73. The van der Waals surface area contributed by atoms with Crippen LogP contribution in [0.4, 0.5) is 0 Å². The zero-order valence-corrected chi connectivity index (χ0v) is 16.5. The van der Waals surface area contributed by atoms with Gasteiger partial charge in [0, 0.05) is 31.2 Å². The van der Waals surface area contributed by atoms with Crippen molar-refractivity contribution >= 4 is 11.8 Å². The number of imidazole rings is 1. The maximum Gasteiger partial charge on any atom is 0.267 e. The Morgan fingerprint density at radius 2 is 1.93 bits per heavy atom. The van der Waals surface area contributed by atoms with Crippen molar-refractivity contribution in [3.8, 4) is 17.0 Å². The van der Waals surface area contributed by atoms with E-state index in [-0.39, 0.29) is 17.9 Å². The quantitative estimate of drug-likeness (QED) is 0.801. The first kappa shape index (κ1) is 19.4. The minimum Gasteiger partial charge on any atom is -0.497 e. The minimum absolute atomic E-state index is 0.0946. The molecule has 3 N–H and O–H groups in total. The molecule has 4 rings (SSSR count). The molecule has 0 spiro atoms. The highest BCUT2D eigenvalue weighted by Crippen LogP contribution is 2.31. The average Bonchev–Trinajstić information content (AvgIpc) is 3.44. The lowest BCUT2D eigenvalue weighted by molar-refractivity contribution is -0.142. The zero-order valence-electron chi connectivity index (χ0n) is 16.5. The SMILES string of the molecule is COc1ccc(-c2nc(C3CCN(C(=O)[C@H]4CCCO4)CC3)[nH]c2C(N)=O)cc1. The van der Waals surface area contributed by atoms with E-state index >= 15 is 0 Å². The van der Waals surface area contributed by atoms with Gasteiger partial charge in [-0.1, -0.05) is 0 Å². The number of hydrogen-bond acceptors (Lipinski definition) is 5. The lowest BCUT2D eigenvalue weighted by atomic mass is 9.95. The topological polar surface area (TPSA) is 111 Å². The van der Waals surface area contributed by atoms with Gasteiger partial charge < -0.3 is 25.1 Å². The van der Waals surface area contributed by atoms with Gasteiger partial charge in [0.15, 0.2) is 0 Å². The number of ether oxygens (including phenoxy) is 2. The highest BCUT2D eigenvalue weighted by atomic mass is 16.5. The highest BCUT2D eigenvalue weighted by Gasteiger charge is 2.32. The fourth-order valence-electron chi connectivity index (χ4n) is 4.07. The summed E-state index contributed by atoms with van der Waals surface area (Å²) in [7, 11) is 1.60. The molecule has 8 heteroatoms. The van der Waals surface area contributed by atoms with Crippen LogP contribution in [0.15, 0.2) is 24.3 Å². The number of aromatic amines is 1. The van der Waals surface area contributed by atoms with Crippen molar-refractivity contribution < 1.29 is 19.1 Å². The number of H-pyrrole nitrogens is 1. The second kappa shape index (κ2) is 8.24. The largest absolute Gasteiger partial charge is 0.497 e. The summed E-state index contributed by atoms with van der Waals surface area (Å²) in [4.78, 5) is 34.2. The number of carbonyl (C=O) groups is 2. The number of aromatic nitrogens is 2. The molecule has 3 heterocycles. The van der Waals surface area contributed by atoms with E-state index in [0.717, 1.165) is 42.8 Å². The number of nitrogens with zero attached hydrogens (tertiary/aromatic N) is 2. The molecule has 29 heavy (non-hydrogen) atoms. The van der Waals surface area contributed by atoms with Gasteiger partial charge in [0.05, 0.1) is 7.11 Å². The molecule has 0 saturated carbocycles. The number of hydrogen-bond donors (Lipinski definition) is 2. The third-order valence-electron chi connectivity index (χ3n) is 5.73. The van der Waals surface area contributed by atoms with Gasteiger partial charge in [-0.25, -0.2) is 4.98 Å². The molecular formula is C21H26N4O4. The fourth-order valence-corrected chi connectivity index (χ4v) is 4.07. The van der Waals surface area contributed by atoms with Crippen LogP contribution in [-0.4, -0.2) is 59.6 Å². The third kappa shape index (κ3) is 3.98. The Labute approximate surface area is 169 Å². The van der Waals surface area contributed by atoms with Crippen LogP contribution in [0.25, 0.3) is 11.3 Å². The first-order valence-electron chi connectivity index (χ1n) is 10.0. The number of primary amides is 1. The maximum atomic E-state index is 12.5. The number of benzene rings is 1. The summed E-state index contributed by atoms with van der Waals surface area (Å²) in [5.41, 5.74) is 7.24. The molecule has 0 bridgehead atoms. The van der Waals surface area contributed by atoms with E-state index in [0.29, 0.717) is 31.1 Å². The predicted molar refractivity (Wildman–Crippen MR) is 107 cm³/mol. The second-order valence-corrected chi connectivity index (χ2v) is 7.54. The van der Waals surface area contributed by atoms with E-state index in [1.807, 2.05) is 29.2 Å². The van der Waals surface area contributed by atoms with E-state index in [4.69, 9.17) is 20.2 Å². The molecule has 0 aliphatic carbocycles. The van der Waals surface area contributed by atoms with Crippen molar-refractivity contribution in [2.75, 3.05) is 26.8 Å². The summed E-state index contributed by atoms with van der Waals surface area (Å²) >= 11 is 0. The van der Waals surface area contributed by atoms with Crippen LogP contribution in [0.5, 0.6) is 5.75 Å². The monoisotopic (exact) mass is 398 g/mol. The van der Waals surface area contributed by atoms with Gasteiger partial charge in [0.2, 0.25) is 0 Å². The molecule has 2 saturated heterocycles. The summed E-state index contributed by atoms with van der Waals surface area (Å²) in [6.45, 7) is 1.99. The Morgan fingerprint density at radius 3 is 2.52 bits per heavy atom. The first-order valence-corrected chi connectivity index (χ1v) is 10.0. The van der Waals surface area contributed by atoms with Crippen molar-refractivity contribution in [2.45, 2.75) is 37.7 Å². The number of piperidine rings is 1. The van der Waals surface area contributed by atoms with Crippen LogP contribution in [0.1, 0.15) is 47.9 Å². The van der Waals surface area contributed by atoms with Gasteiger partial charge in [0.1, 0.15) is 29.1 Å². The van der Waals surface area contributed by atoms with E-state index in [2.05, 4.69) is 4.98 Å². The number of nitrogens with two attached hydrogens (primary N) is 1. The molecular weight excluding hydrogens is 372 g/mol. The van der Waals surface area contributed by atoms with Crippen LogP contribution >= 0.6 is 0 Å². The Bertz CT molecular complexity index is 879. The zero-order chi connectivity index (χ0) is 20.4. The molecule has 0 radical (unpaired) electrons. The van der Waals surface area contributed by atoms with Crippen molar-refractivity contribution in [3.05, 3.63) is 35.8 Å². The summed E-state index contributed by atoms with van der Waals surface area (Å²) < 4.78 is 10.7. The Hall–Kier alpha value is -2.87. The predicted octanol–water partition coefficient (Wildman–Crippen LogP) is 2.07. The second-order valence-electron chi connectivity index (χ2n) is 7.54. The van der Waals surface area contributed by atoms with E-state index in [9.17, 15) is 9.59 Å². The van der Waals surface area contributed by atoms with Gasteiger partial charge in [-0.05, 0) is 49.9 Å². The van der Waals surface area contributed by atoms with Crippen molar-refractivity contribution in [3.63, 3.8) is 0 Å². The molecule has 8 nitrogen and oxygen atoms in total. The normalized spacial score (nSPS) is 20.0. The fraction of sp³-hybridized carbons (Fsp3) is 0.476. The number of carbonyl (C=O) groups excluding carboxylic acids is 2. The molecule has 1 aromatic carbocycles. The highest BCUT2D eigenvalue weighted by molar-refractivity contribution is 5.97. The lowest BCUT2D eigenvalue weighted by Crippen LogP contribution is -2.43. The van der Waals surface area contributed by atoms with Gasteiger partial charge in [0.25, 0.3) is 11.8 Å². The van der Waals surface area contributed by atoms with Crippen molar-refractivity contribution in [1.29, 1.82) is 0 Å². The summed E-state index contributed by atoms with van der Waals surface area (Å²) in [5, 5.41) is 0. The van der Waals surface area contributed by atoms with Crippen LogP contribution in [0.3, 0.4) is 0 Å². The van der Waals surface area contributed by atoms with E-state index < -0.39 is 5.91 Å². The number of methoxy groups -OCH3 is 1. The molecule has 2 fully saturated rings. The summed E-state index contributed by atoms with van der Waals surface area (Å²) in [5.74, 6) is 1.17. The van der Waals surface area contributed by atoms with Gasteiger partial charge in [-0.15, -0.1) is 0 Å². The number of likely N-dealkylation sites (tertiary alicyclic amines) is 1. The maximum absolute atomic E-state index is 12.5. The van der Waals surface area contributed by atoms with E-state index in [1.54, 1.807) is 7.11 Å². The summed E-state index contributed by atoms with van der Waals surface area (Å²) in [6, 6.07) is 7.36. The number of amides is 2. The molecule has 1 atom stereocenters. The Balaban J connectivity index is 1.49. The molecule has 154 valence electrons. The molecule has 2 aliphatic rings. The lowest BCUT2D eigenvalue weighted by Gasteiger charge is -2.32. The van der Waals surface area contributed by atoms with Crippen LogP contribution in [-0.2, 0) is 9.53 Å². The first-order chi connectivity index (χ1) is 14.1. The average molecular weight is 398 g/mol. The van der Waals surface area contributed by atoms with Crippen LogP contribution in [0, 0.1) is 0 Å². The smallest absolute Gasteiger partial charge is 0.267 e. The number of rotatable bonds is 5. The Morgan fingerprint density at radius 1 is 1.21 bits per heavy atom. The van der Waals surface area contributed by atoms with Crippen molar-refractivity contribution in [2.24, 2.45) is 5.73 Å². The molecule has 2 aromatic rings. The molecule has 2 amide bonds. The Kier molecular flexibility index (Phi) is 5.53. The molecule has 1 aromatic heterocycles. The summed E-state index contributed by atoms with van der Waals surface area (Å²) in [6.07, 6.45) is 3.05. The molecule has 0 unspecified atom stereocenters. The van der Waals surface area contributed by atoms with Gasteiger partial charge in [-0.2, -0.15) is 0 Å². The number of nitrogens with one attached hydrogen (secondary N) is 1. The van der Waals surface area contributed by atoms with Gasteiger partial charge in [-0.3, -0.25) is 9.59 Å². The van der Waals surface area contributed by atoms with E-state index in [1.165, 1.54) is 0 Å². The standard InChI is InChI=1S/C21H26N4O4/c1-28-15-6-4-13(5-7-15)17-18(19(22)26)24-20(23-17)14-8-10-25(11-9-14)21(27)16-3-2-12-29-16/h4-7,14,16H,2-3,8-12H2,1H3,(H2,22,26)(H,23,24)/t16-/m1/s1.